The van der Waals surface area contributed by atoms with E-state index < -0.39 is 0 Å². The molecular formula is C35H39FN5O2+. The molecule has 5 rings (SSSR count). The average Bonchev–Trinajstić information content (AvgIpc) is 3.06. The number of amides is 2. The van der Waals surface area contributed by atoms with Crippen molar-refractivity contribution in [1.82, 2.24) is 14.4 Å². The van der Waals surface area contributed by atoms with Crippen LogP contribution in [0.1, 0.15) is 41.5 Å². The Hall–Kier alpha value is -4.56. The molecule has 3 aromatic carbocycles. The number of carbonyl (C=O) groups is 2. The minimum absolute atomic E-state index is 0.0562. The molecule has 43 heavy (non-hydrogen) atoms. The molecule has 7 nitrogen and oxygen atoms in total. The number of anilines is 2. The van der Waals surface area contributed by atoms with E-state index in [0.717, 1.165) is 42.0 Å². The molecule has 1 aromatic heterocycles. The van der Waals surface area contributed by atoms with Gasteiger partial charge in [-0.2, -0.15) is 0 Å². The first kappa shape index (κ1) is 29.9. The van der Waals surface area contributed by atoms with Crippen LogP contribution >= 0.6 is 0 Å². The Kier molecular flexibility index (Phi) is 9.16. The molecule has 1 saturated heterocycles. The van der Waals surface area contributed by atoms with Crippen LogP contribution < -0.4 is 14.7 Å². The van der Waals surface area contributed by atoms with E-state index in [9.17, 15) is 9.59 Å². The second-order valence-corrected chi connectivity index (χ2v) is 10.8. The van der Waals surface area contributed by atoms with Crippen LogP contribution in [0, 0.1) is 5.82 Å². The number of pyridine rings is 1. The van der Waals surface area contributed by atoms with Crippen LogP contribution in [0.4, 0.5) is 21.5 Å². The number of aromatic nitrogens is 1. The van der Waals surface area contributed by atoms with Gasteiger partial charge in [-0.05, 0) is 68.8 Å². The van der Waals surface area contributed by atoms with Crippen molar-refractivity contribution in [2.24, 2.45) is 0 Å². The van der Waals surface area contributed by atoms with Gasteiger partial charge in [0.05, 0.1) is 25.3 Å². The van der Waals surface area contributed by atoms with E-state index in [1.54, 1.807) is 30.6 Å². The van der Waals surface area contributed by atoms with Gasteiger partial charge in [-0.15, -0.1) is 0 Å². The average molecular weight is 581 g/mol. The van der Waals surface area contributed by atoms with Gasteiger partial charge in [0, 0.05) is 42.3 Å². The molecule has 1 aliphatic rings. The molecular weight excluding hydrogens is 541 g/mol. The normalized spacial score (nSPS) is 14.3. The van der Waals surface area contributed by atoms with Crippen LogP contribution in [0.2, 0.25) is 0 Å². The summed E-state index contributed by atoms with van der Waals surface area (Å²) in [6.45, 7) is 11.1. The van der Waals surface area contributed by atoms with Crippen LogP contribution in [0.3, 0.4) is 0 Å². The van der Waals surface area contributed by atoms with Gasteiger partial charge in [-0.25, -0.2) is 4.39 Å². The number of nitrogens with one attached hydrogen (secondary N) is 1. The summed E-state index contributed by atoms with van der Waals surface area (Å²) in [5.41, 5.74) is 4.77. The molecule has 0 bridgehead atoms. The number of hydrogen-bond acceptors (Lipinski definition) is 4. The third-order valence-corrected chi connectivity index (χ3v) is 8.59. The van der Waals surface area contributed by atoms with Gasteiger partial charge in [0.25, 0.3) is 11.8 Å². The summed E-state index contributed by atoms with van der Waals surface area (Å²) < 4.78 is 16.2. The first-order valence-corrected chi connectivity index (χ1v) is 15.0. The van der Waals surface area contributed by atoms with Gasteiger partial charge >= 0.3 is 0 Å². The quantitative estimate of drug-likeness (QED) is 0.231. The van der Waals surface area contributed by atoms with Crippen molar-refractivity contribution < 1.29 is 14.0 Å². The zero-order valence-corrected chi connectivity index (χ0v) is 25.1. The largest absolute Gasteiger partial charge is 0.358 e. The maximum Gasteiger partial charge on any atom is 0.259 e. The van der Waals surface area contributed by atoms with Crippen LogP contribution in [0.15, 0.2) is 91.3 Å². The molecule has 4 aromatic rings. The highest BCUT2D eigenvalue weighted by Crippen LogP contribution is 2.33. The van der Waals surface area contributed by atoms with Gasteiger partial charge < -0.3 is 15.1 Å². The predicted molar refractivity (Wildman–Crippen MR) is 172 cm³/mol. The Bertz CT molecular complexity index is 1580. The number of piperazine rings is 1. The lowest BCUT2D eigenvalue weighted by Gasteiger charge is -2.45. The van der Waals surface area contributed by atoms with E-state index in [2.05, 4.69) is 28.2 Å². The number of halogens is 1. The predicted octanol–water partition coefficient (Wildman–Crippen LogP) is 6.47. The molecule has 2 heterocycles. The van der Waals surface area contributed by atoms with E-state index in [0.29, 0.717) is 47.6 Å². The smallest absolute Gasteiger partial charge is 0.259 e. The maximum absolute atomic E-state index is 15.5. The summed E-state index contributed by atoms with van der Waals surface area (Å²) in [4.78, 5) is 34.7. The van der Waals surface area contributed by atoms with Gasteiger partial charge in [0.1, 0.15) is 30.2 Å². The summed E-state index contributed by atoms with van der Waals surface area (Å²) in [5.74, 6) is -0.639. The van der Waals surface area contributed by atoms with Crippen LogP contribution in [-0.2, 0) is 0 Å². The summed E-state index contributed by atoms with van der Waals surface area (Å²) in [6, 6.07) is 23.8. The van der Waals surface area contributed by atoms with E-state index in [-0.39, 0.29) is 17.6 Å². The van der Waals surface area contributed by atoms with Gasteiger partial charge in [-0.3, -0.25) is 19.1 Å². The molecule has 0 radical (unpaired) electrons. The molecule has 222 valence electrons. The zero-order valence-electron chi connectivity index (χ0n) is 25.1. The molecule has 1 N–H and O–H groups in total. The van der Waals surface area contributed by atoms with Crippen molar-refractivity contribution in [2.45, 2.75) is 20.8 Å². The Morgan fingerprint density at radius 1 is 0.907 bits per heavy atom. The van der Waals surface area contributed by atoms with Crippen molar-refractivity contribution >= 4 is 28.9 Å². The fraction of sp³-hybridized carbons (Fsp3) is 0.286. The topological polar surface area (TPSA) is 65.5 Å². The number of rotatable bonds is 9. The number of quaternary nitrogens is 1. The van der Waals surface area contributed by atoms with E-state index in [1.165, 1.54) is 6.07 Å². The highest BCUT2D eigenvalue weighted by atomic mass is 19.1. The standard InChI is InChI=1S/C35H38FN5O2/c1-4-39(5-2)35(43)30-15-9-10-16-33(30)41(6-3)22-20-40(21-23-41)32-18-17-27(24-31(32)36)38-34(42)29-14-8-7-13-28(29)26-12-11-19-37-25-26/h7-19,24-25H,4-6,20-23H2,1-3H3/p+1. The lowest BCUT2D eigenvalue weighted by Crippen LogP contribution is -2.61. The number of carbonyl (C=O) groups excluding carboxylic acids is 2. The third kappa shape index (κ3) is 6.15. The monoisotopic (exact) mass is 580 g/mol. The van der Waals surface area contributed by atoms with Crippen molar-refractivity contribution in [2.75, 3.05) is 56.0 Å². The van der Waals surface area contributed by atoms with Crippen molar-refractivity contribution in [1.29, 1.82) is 0 Å². The Morgan fingerprint density at radius 3 is 2.26 bits per heavy atom. The van der Waals surface area contributed by atoms with Crippen LogP contribution in [0.5, 0.6) is 0 Å². The molecule has 0 saturated carbocycles. The lowest BCUT2D eigenvalue weighted by atomic mass is 10.0. The fourth-order valence-electron chi connectivity index (χ4n) is 6.06. The molecule has 0 spiro atoms. The molecule has 1 aliphatic heterocycles. The minimum atomic E-state index is -0.382. The number of nitrogens with zero attached hydrogens (tertiary/aromatic N) is 4. The Labute approximate surface area is 253 Å². The molecule has 2 amide bonds. The van der Waals surface area contributed by atoms with E-state index in [1.807, 2.05) is 67.3 Å². The third-order valence-electron chi connectivity index (χ3n) is 8.59. The maximum atomic E-state index is 15.5. The first-order chi connectivity index (χ1) is 20.9. The fourth-order valence-corrected chi connectivity index (χ4v) is 6.06. The first-order valence-electron chi connectivity index (χ1n) is 15.0. The SMILES string of the molecule is CCN(CC)C(=O)c1ccccc1[N+]1(CC)CCN(c2ccc(NC(=O)c3ccccc3-c3cccnc3)cc2F)CC1. The van der Waals surface area contributed by atoms with Gasteiger partial charge in [0.15, 0.2) is 0 Å². The highest BCUT2D eigenvalue weighted by Gasteiger charge is 2.37. The summed E-state index contributed by atoms with van der Waals surface area (Å²) in [5, 5.41) is 2.86. The Morgan fingerprint density at radius 2 is 1.60 bits per heavy atom. The van der Waals surface area contributed by atoms with E-state index >= 15 is 4.39 Å². The van der Waals surface area contributed by atoms with Crippen LogP contribution in [0.25, 0.3) is 11.1 Å². The molecule has 8 heteroatoms. The summed E-state index contributed by atoms with van der Waals surface area (Å²) >= 11 is 0. The van der Waals surface area contributed by atoms with Crippen molar-refractivity contribution in [3.8, 4) is 11.1 Å². The summed E-state index contributed by atoms with van der Waals surface area (Å²) in [7, 11) is 0. The zero-order chi connectivity index (χ0) is 30.4. The van der Waals surface area contributed by atoms with E-state index in [4.69, 9.17) is 0 Å². The van der Waals surface area contributed by atoms with Gasteiger partial charge in [-0.1, -0.05) is 36.4 Å². The molecule has 0 unspecified atom stereocenters. The van der Waals surface area contributed by atoms with Crippen molar-refractivity contribution in [3.05, 3.63) is 108 Å². The molecule has 1 fully saturated rings. The highest BCUT2D eigenvalue weighted by molar-refractivity contribution is 6.08. The second kappa shape index (κ2) is 13.2. The summed E-state index contributed by atoms with van der Waals surface area (Å²) in [6.07, 6.45) is 3.40. The number of benzene rings is 3. The Balaban J connectivity index is 1.31. The second-order valence-electron chi connectivity index (χ2n) is 10.8. The number of likely N-dealkylation sites (N-methyl/N-ethyl adjacent to an activating group) is 1. The number of hydrogen-bond donors (Lipinski definition) is 1. The molecule has 0 aliphatic carbocycles. The lowest BCUT2D eigenvalue weighted by molar-refractivity contribution is 0.0769. The number of para-hydroxylation sites is 1. The van der Waals surface area contributed by atoms with Crippen LogP contribution in [-0.4, -0.2) is 67.5 Å². The molecule has 0 atom stereocenters. The van der Waals surface area contributed by atoms with Gasteiger partial charge in [0.2, 0.25) is 0 Å². The van der Waals surface area contributed by atoms with Crippen molar-refractivity contribution in [3.63, 3.8) is 0 Å². The minimum Gasteiger partial charge on any atom is -0.358 e.